The number of rotatable bonds is 11. The average molecular weight is 503 g/mol. The van der Waals surface area contributed by atoms with Crippen LogP contribution in [0.3, 0.4) is 0 Å². The van der Waals surface area contributed by atoms with E-state index < -0.39 is 5.56 Å². The number of aliphatic hydroxyl groups is 1. The summed E-state index contributed by atoms with van der Waals surface area (Å²) in [4.78, 5) is 41.0. The highest BCUT2D eigenvalue weighted by molar-refractivity contribution is 5.95. The molecular formula is C29H34N4O4. The molecule has 194 valence electrons. The number of aliphatic hydroxyl groups excluding tert-OH is 1. The molecule has 0 unspecified atom stereocenters. The van der Waals surface area contributed by atoms with Crippen LogP contribution in [0.1, 0.15) is 66.1 Å². The zero-order valence-electron chi connectivity index (χ0n) is 21.1. The number of ether oxygens (including phenoxy) is 1. The number of carbonyl (C=O) groups excluding carboxylic acids is 1. The van der Waals surface area contributed by atoms with E-state index in [4.69, 9.17) is 9.72 Å². The first-order chi connectivity index (χ1) is 18.1. The van der Waals surface area contributed by atoms with Gasteiger partial charge in [0.25, 0.3) is 11.5 Å². The van der Waals surface area contributed by atoms with Crippen LogP contribution in [0.2, 0.25) is 0 Å². The second-order valence-corrected chi connectivity index (χ2v) is 10.3. The van der Waals surface area contributed by atoms with E-state index in [0.29, 0.717) is 24.7 Å². The second kappa shape index (κ2) is 11.3. The minimum absolute atomic E-state index is 0.0120. The monoisotopic (exact) mass is 502 g/mol. The van der Waals surface area contributed by atoms with Crippen molar-refractivity contribution in [3.05, 3.63) is 87.9 Å². The van der Waals surface area contributed by atoms with Crippen LogP contribution >= 0.6 is 0 Å². The number of aromatic amines is 1. The number of benzene rings is 1. The molecule has 0 saturated heterocycles. The molecule has 0 aliphatic heterocycles. The first-order valence-electron chi connectivity index (χ1n) is 13.2. The molecule has 0 bridgehead atoms. The van der Waals surface area contributed by atoms with Crippen molar-refractivity contribution < 1.29 is 14.6 Å². The fourth-order valence-corrected chi connectivity index (χ4v) is 5.33. The summed E-state index contributed by atoms with van der Waals surface area (Å²) < 4.78 is 5.93. The second-order valence-electron chi connectivity index (χ2n) is 10.3. The van der Waals surface area contributed by atoms with Gasteiger partial charge < -0.3 is 19.7 Å². The van der Waals surface area contributed by atoms with Crippen molar-refractivity contribution in [1.82, 2.24) is 19.9 Å². The van der Waals surface area contributed by atoms with Crippen LogP contribution in [-0.2, 0) is 18.4 Å². The summed E-state index contributed by atoms with van der Waals surface area (Å²) in [5.74, 6) is 0.434. The Morgan fingerprint density at radius 2 is 1.86 bits per heavy atom. The lowest BCUT2D eigenvalue weighted by atomic mass is 9.79. The highest BCUT2D eigenvalue weighted by Crippen LogP contribution is 2.42. The van der Waals surface area contributed by atoms with Crippen molar-refractivity contribution in [3.63, 3.8) is 0 Å². The maximum Gasteiger partial charge on any atom is 0.294 e. The summed E-state index contributed by atoms with van der Waals surface area (Å²) in [5.41, 5.74) is 1.19. The number of pyridine rings is 1. The third-order valence-corrected chi connectivity index (χ3v) is 7.46. The van der Waals surface area contributed by atoms with Gasteiger partial charge in [0.05, 0.1) is 6.61 Å². The lowest BCUT2D eigenvalue weighted by Crippen LogP contribution is -2.38. The number of hydrogen-bond donors (Lipinski definition) is 2. The maximum atomic E-state index is 13.7. The fraction of sp³-hybridized carbons (Fsp3) is 0.448. The number of nitrogens with one attached hydrogen (secondary N) is 1. The van der Waals surface area contributed by atoms with Crippen LogP contribution in [-0.4, -0.2) is 50.6 Å². The molecule has 2 aliphatic carbocycles. The first-order valence-corrected chi connectivity index (χ1v) is 13.2. The molecule has 2 N–H and O–H groups in total. The maximum absolute atomic E-state index is 13.7. The normalized spacial score (nSPS) is 16.5. The molecular weight excluding hydrogens is 468 g/mol. The van der Waals surface area contributed by atoms with Crippen molar-refractivity contribution in [2.24, 2.45) is 5.92 Å². The van der Waals surface area contributed by atoms with Gasteiger partial charge in [-0.3, -0.25) is 14.6 Å². The molecule has 3 aromatic rings. The quantitative estimate of drug-likeness (QED) is 0.414. The van der Waals surface area contributed by atoms with Gasteiger partial charge in [-0.25, -0.2) is 4.98 Å². The Morgan fingerprint density at radius 3 is 2.54 bits per heavy atom. The summed E-state index contributed by atoms with van der Waals surface area (Å²) in [5, 5.41) is 9.63. The lowest BCUT2D eigenvalue weighted by molar-refractivity contribution is 0.0700. The zero-order chi connectivity index (χ0) is 25.7. The van der Waals surface area contributed by atoms with Gasteiger partial charge in [-0.2, -0.15) is 0 Å². The van der Waals surface area contributed by atoms with Gasteiger partial charge in [-0.05, 0) is 49.3 Å². The molecule has 8 heteroatoms. The third kappa shape index (κ3) is 5.91. The molecule has 8 nitrogen and oxygen atoms in total. The Hall–Kier alpha value is -3.52. The molecule has 2 saturated carbocycles. The van der Waals surface area contributed by atoms with E-state index in [-0.39, 0.29) is 42.5 Å². The van der Waals surface area contributed by atoms with E-state index in [1.54, 1.807) is 11.1 Å². The molecule has 2 aromatic heterocycles. The average Bonchev–Trinajstić information content (AvgIpc) is 3.62. The number of carbonyl (C=O) groups is 1. The van der Waals surface area contributed by atoms with Crippen LogP contribution in [0.4, 0.5) is 0 Å². The largest absolute Gasteiger partial charge is 0.481 e. The molecule has 2 aliphatic rings. The number of nitrogens with zero attached hydrogens (tertiary/aromatic N) is 3. The molecule has 5 rings (SSSR count). The highest BCUT2D eigenvalue weighted by Gasteiger charge is 2.38. The highest BCUT2D eigenvalue weighted by atomic mass is 16.5. The van der Waals surface area contributed by atoms with Gasteiger partial charge in [-0.1, -0.05) is 49.2 Å². The van der Waals surface area contributed by atoms with E-state index in [9.17, 15) is 14.7 Å². The Balaban J connectivity index is 1.50. The number of aromatic nitrogens is 3. The van der Waals surface area contributed by atoms with Crippen LogP contribution < -0.4 is 10.3 Å². The smallest absolute Gasteiger partial charge is 0.294 e. The van der Waals surface area contributed by atoms with Crippen molar-refractivity contribution in [2.75, 3.05) is 19.7 Å². The predicted molar refractivity (Wildman–Crippen MR) is 139 cm³/mol. The van der Waals surface area contributed by atoms with Crippen molar-refractivity contribution in [2.45, 2.75) is 57.0 Å². The van der Waals surface area contributed by atoms with Crippen LogP contribution in [0.15, 0.2) is 59.5 Å². The molecule has 0 radical (unpaired) electrons. The molecule has 0 atom stereocenters. The topological polar surface area (TPSA) is 108 Å². The first kappa shape index (κ1) is 25.1. The summed E-state index contributed by atoms with van der Waals surface area (Å²) in [6, 6.07) is 15.4. The van der Waals surface area contributed by atoms with Crippen LogP contribution in [0.25, 0.3) is 0 Å². The Kier molecular flexibility index (Phi) is 7.65. The van der Waals surface area contributed by atoms with Crippen molar-refractivity contribution in [3.8, 4) is 5.75 Å². The standard InChI is InChI=1S/C29H34N4O4/c34-17-16-33(19-21-11-12-21)28(36)25-26(37-20-22-8-2-1-3-9-22)27(35)32-24(31-25)18-29(13-5-6-14-29)23-10-4-7-15-30-23/h1-4,7-10,15,21,34H,5-6,11-14,16-20H2,(H,31,32,35). The van der Waals surface area contributed by atoms with E-state index >= 15 is 0 Å². The molecule has 1 amide bonds. The van der Waals surface area contributed by atoms with Gasteiger partial charge in [-0.15, -0.1) is 0 Å². The van der Waals surface area contributed by atoms with Crippen molar-refractivity contribution >= 4 is 5.91 Å². The molecule has 0 spiro atoms. The number of H-pyrrole nitrogens is 1. The van der Waals surface area contributed by atoms with E-state index in [1.807, 2.05) is 48.5 Å². The fourth-order valence-electron chi connectivity index (χ4n) is 5.33. The van der Waals surface area contributed by atoms with E-state index in [0.717, 1.165) is 49.8 Å². The van der Waals surface area contributed by atoms with Gasteiger partial charge in [0.1, 0.15) is 12.4 Å². The zero-order valence-corrected chi connectivity index (χ0v) is 21.1. The Morgan fingerprint density at radius 1 is 1.11 bits per heavy atom. The van der Waals surface area contributed by atoms with Gasteiger partial charge in [0.15, 0.2) is 5.69 Å². The van der Waals surface area contributed by atoms with E-state index in [1.165, 1.54) is 0 Å². The molecule has 1 aromatic carbocycles. The van der Waals surface area contributed by atoms with Crippen LogP contribution in [0, 0.1) is 5.92 Å². The third-order valence-electron chi connectivity index (χ3n) is 7.46. The predicted octanol–water partition coefficient (Wildman–Crippen LogP) is 3.64. The van der Waals surface area contributed by atoms with Gasteiger partial charge in [0.2, 0.25) is 5.75 Å². The van der Waals surface area contributed by atoms with Gasteiger partial charge >= 0.3 is 0 Å². The van der Waals surface area contributed by atoms with E-state index in [2.05, 4.69) is 9.97 Å². The summed E-state index contributed by atoms with van der Waals surface area (Å²) in [7, 11) is 0. The van der Waals surface area contributed by atoms with Crippen LogP contribution in [0.5, 0.6) is 5.75 Å². The molecule has 2 fully saturated rings. The summed E-state index contributed by atoms with van der Waals surface area (Å²) in [6.45, 7) is 0.720. The lowest BCUT2D eigenvalue weighted by Gasteiger charge is -2.28. The SMILES string of the molecule is O=C(c1nc(CC2(c3ccccn3)CCCC2)[nH]c(=O)c1OCc1ccccc1)N(CCO)CC1CC1. The summed E-state index contributed by atoms with van der Waals surface area (Å²) >= 11 is 0. The number of amides is 1. The minimum atomic E-state index is -0.464. The van der Waals surface area contributed by atoms with Crippen molar-refractivity contribution in [1.29, 1.82) is 0 Å². The minimum Gasteiger partial charge on any atom is -0.481 e. The number of hydrogen-bond acceptors (Lipinski definition) is 6. The molecule has 2 heterocycles. The Bertz CT molecular complexity index is 1250. The Labute approximate surface area is 216 Å². The van der Waals surface area contributed by atoms with Gasteiger partial charge in [0, 0.05) is 36.8 Å². The summed E-state index contributed by atoms with van der Waals surface area (Å²) in [6.07, 6.45) is 8.46. The molecule has 37 heavy (non-hydrogen) atoms.